The number of aliphatic carboxylic acids is 1. The topological polar surface area (TPSA) is 55.8 Å². The van der Waals surface area contributed by atoms with E-state index >= 15 is 0 Å². The minimum atomic E-state index is -1.05. The Morgan fingerprint density at radius 2 is 1.60 bits per heavy atom. The first-order valence-corrected chi connectivity index (χ1v) is 6.37. The van der Waals surface area contributed by atoms with Gasteiger partial charge in [0.05, 0.1) is 0 Å². The summed E-state index contributed by atoms with van der Waals surface area (Å²) in [6.45, 7) is 1.98. The van der Waals surface area contributed by atoms with Crippen LogP contribution in [0.25, 0.3) is 0 Å². The van der Waals surface area contributed by atoms with E-state index < -0.39 is 18.2 Å². The van der Waals surface area contributed by atoms with Crippen LogP contribution >= 0.6 is 0 Å². The first-order valence-electron chi connectivity index (χ1n) is 6.37. The molecule has 0 aliphatic carbocycles. The Hall–Kier alpha value is -2.49. The van der Waals surface area contributed by atoms with Gasteiger partial charge in [-0.25, -0.2) is 4.79 Å². The number of carbonyl (C=O) groups is 1. The van der Waals surface area contributed by atoms with Crippen LogP contribution in [0.15, 0.2) is 48.5 Å². The molecule has 2 unspecified atom stereocenters. The number of carboxylic acids is 1. The fraction of sp³-hybridized carbons (Fsp3) is 0.188. The lowest BCUT2D eigenvalue weighted by Gasteiger charge is -2.31. The van der Waals surface area contributed by atoms with Gasteiger partial charge in [0.15, 0.2) is 17.6 Å². The van der Waals surface area contributed by atoms with Crippen molar-refractivity contribution in [3.8, 4) is 11.5 Å². The van der Waals surface area contributed by atoms with Crippen LogP contribution in [0.5, 0.6) is 11.5 Å². The molecule has 0 saturated heterocycles. The van der Waals surface area contributed by atoms with E-state index in [9.17, 15) is 9.90 Å². The van der Waals surface area contributed by atoms with Crippen LogP contribution in [0.1, 0.15) is 17.2 Å². The summed E-state index contributed by atoms with van der Waals surface area (Å²) >= 11 is 0. The van der Waals surface area contributed by atoms with Gasteiger partial charge in [0.25, 0.3) is 0 Å². The Morgan fingerprint density at radius 1 is 1.00 bits per heavy atom. The average Bonchev–Trinajstić information content (AvgIpc) is 2.46. The molecule has 0 aromatic heterocycles. The molecule has 1 aliphatic heterocycles. The molecule has 3 rings (SSSR count). The molecule has 0 radical (unpaired) electrons. The molecule has 0 saturated carbocycles. The molecular formula is C16H14O4. The summed E-state index contributed by atoms with van der Waals surface area (Å²) in [5, 5.41) is 9.35. The van der Waals surface area contributed by atoms with Crippen LogP contribution in [0.2, 0.25) is 0 Å². The summed E-state index contributed by atoms with van der Waals surface area (Å²) in [6.07, 6.45) is -1.70. The summed E-state index contributed by atoms with van der Waals surface area (Å²) < 4.78 is 11.4. The van der Waals surface area contributed by atoms with E-state index in [1.54, 1.807) is 18.2 Å². The van der Waals surface area contributed by atoms with E-state index in [1.807, 2.05) is 37.3 Å². The highest BCUT2D eigenvalue weighted by Crippen LogP contribution is 2.39. The fourth-order valence-corrected chi connectivity index (χ4v) is 2.22. The standard InChI is InChI=1S/C16H14O4/c1-10-6-8-11(9-7-10)14-15(16(17)18)20-13-5-3-2-4-12(13)19-14/h2-9,14-15H,1H3,(H,17,18). The molecule has 1 N–H and O–H groups in total. The molecule has 0 fully saturated rings. The number of fused-ring (bicyclic) bond motifs is 1. The second-order valence-corrected chi connectivity index (χ2v) is 4.77. The number of rotatable bonds is 2. The lowest BCUT2D eigenvalue weighted by Crippen LogP contribution is -2.39. The molecule has 2 aromatic carbocycles. The third kappa shape index (κ3) is 2.20. The van der Waals surface area contributed by atoms with E-state index in [2.05, 4.69) is 0 Å². The van der Waals surface area contributed by atoms with E-state index in [-0.39, 0.29) is 0 Å². The zero-order valence-corrected chi connectivity index (χ0v) is 10.9. The molecule has 1 aliphatic rings. The Labute approximate surface area is 116 Å². The van der Waals surface area contributed by atoms with E-state index in [0.717, 1.165) is 11.1 Å². The third-order valence-corrected chi connectivity index (χ3v) is 3.28. The number of hydrogen-bond donors (Lipinski definition) is 1. The van der Waals surface area contributed by atoms with Gasteiger partial charge < -0.3 is 14.6 Å². The molecule has 4 nitrogen and oxygen atoms in total. The Bertz CT molecular complexity index is 633. The highest BCUT2D eigenvalue weighted by molar-refractivity contribution is 5.74. The van der Waals surface area contributed by atoms with Gasteiger partial charge in [-0.05, 0) is 24.6 Å². The second kappa shape index (κ2) is 4.89. The maximum Gasteiger partial charge on any atom is 0.349 e. The average molecular weight is 270 g/mol. The van der Waals surface area contributed by atoms with E-state index in [1.165, 1.54) is 0 Å². The molecule has 20 heavy (non-hydrogen) atoms. The number of carboxylic acid groups (broad SMARTS) is 1. The van der Waals surface area contributed by atoms with Gasteiger partial charge >= 0.3 is 5.97 Å². The van der Waals surface area contributed by atoms with Crippen molar-refractivity contribution in [2.45, 2.75) is 19.1 Å². The molecule has 102 valence electrons. The predicted octanol–water partition coefficient (Wildman–Crippen LogP) is 2.96. The van der Waals surface area contributed by atoms with Crippen LogP contribution in [0.3, 0.4) is 0 Å². The van der Waals surface area contributed by atoms with Crippen molar-refractivity contribution in [3.05, 3.63) is 59.7 Å². The molecule has 0 spiro atoms. The van der Waals surface area contributed by atoms with Gasteiger partial charge in [0.2, 0.25) is 6.10 Å². The van der Waals surface area contributed by atoms with Crippen LogP contribution in [0.4, 0.5) is 0 Å². The lowest BCUT2D eigenvalue weighted by atomic mass is 10.0. The largest absolute Gasteiger partial charge is 0.478 e. The van der Waals surface area contributed by atoms with Crippen LogP contribution in [-0.4, -0.2) is 17.2 Å². The van der Waals surface area contributed by atoms with Crippen molar-refractivity contribution in [2.24, 2.45) is 0 Å². The highest BCUT2D eigenvalue weighted by Gasteiger charge is 2.38. The number of para-hydroxylation sites is 2. The number of benzene rings is 2. The van der Waals surface area contributed by atoms with E-state index in [0.29, 0.717) is 11.5 Å². The van der Waals surface area contributed by atoms with Crippen molar-refractivity contribution in [3.63, 3.8) is 0 Å². The summed E-state index contributed by atoms with van der Waals surface area (Å²) in [5.41, 5.74) is 1.90. The molecule has 1 heterocycles. The Kier molecular flexibility index (Phi) is 3.06. The normalized spacial score (nSPS) is 20.4. The quantitative estimate of drug-likeness (QED) is 0.911. The minimum absolute atomic E-state index is 0.461. The summed E-state index contributed by atoms with van der Waals surface area (Å²) in [5.74, 6) is -0.0103. The van der Waals surface area contributed by atoms with Crippen molar-refractivity contribution in [1.82, 2.24) is 0 Å². The predicted molar refractivity (Wildman–Crippen MR) is 73.0 cm³/mol. The van der Waals surface area contributed by atoms with Gasteiger partial charge in [-0.2, -0.15) is 0 Å². The molecule has 2 aromatic rings. The van der Waals surface area contributed by atoms with Crippen LogP contribution in [0, 0.1) is 6.92 Å². The van der Waals surface area contributed by atoms with Crippen LogP contribution in [-0.2, 0) is 4.79 Å². The van der Waals surface area contributed by atoms with Crippen molar-refractivity contribution >= 4 is 5.97 Å². The number of hydrogen-bond acceptors (Lipinski definition) is 3. The van der Waals surface area contributed by atoms with Crippen molar-refractivity contribution < 1.29 is 19.4 Å². The Morgan fingerprint density at radius 3 is 2.20 bits per heavy atom. The van der Waals surface area contributed by atoms with Crippen LogP contribution < -0.4 is 9.47 Å². The number of aryl methyl sites for hydroxylation is 1. The lowest BCUT2D eigenvalue weighted by molar-refractivity contribution is -0.151. The minimum Gasteiger partial charge on any atom is -0.478 e. The molecule has 0 amide bonds. The molecule has 2 atom stereocenters. The molecule has 4 heteroatoms. The summed E-state index contributed by atoms with van der Waals surface area (Å²) in [6, 6.07) is 14.7. The maximum atomic E-state index is 11.4. The van der Waals surface area contributed by atoms with Crippen molar-refractivity contribution in [1.29, 1.82) is 0 Å². The third-order valence-electron chi connectivity index (χ3n) is 3.28. The first-order chi connectivity index (χ1) is 9.65. The van der Waals surface area contributed by atoms with Gasteiger partial charge in [0.1, 0.15) is 0 Å². The van der Waals surface area contributed by atoms with Gasteiger partial charge in [-0.3, -0.25) is 0 Å². The smallest absolute Gasteiger partial charge is 0.349 e. The van der Waals surface area contributed by atoms with Crippen molar-refractivity contribution in [2.75, 3.05) is 0 Å². The summed E-state index contributed by atoms with van der Waals surface area (Å²) in [7, 11) is 0. The zero-order valence-electron chi connectivity index (χ0n) is 10.9. The fourth-order valence-electron chi connectivity index (χ4n) is 2.22. The SMILES string of the molecule is Cc1ccc(C2Oc3ccccc3OC2C(=O)O)cc1. The molecular weight excluding hydrogens is 256 g/mol. The second-order valence-electron chi connectivity index (χ2n) is 4.77. The van der Waals surface area contributed by atoms with Gasteiger partial charge in [0, 0.05) is 0 Å². The molecule has 0 bridgehead atoms. The maximum absolute atomic E-state index is 11.4. The van der Waals surface area contributed by atoms with E-state index in [4.69, 9.17) is 9.47 Å². The van der Waals surface area contributed by atoms with Gasteiger partial charge in [-0.15, -0.1) is 0 Å². The Balaban J connectivity index is 2.00. The highest BCUT2D eigenvalue weighted by atomic mass is 16.6. The summed E-state index contributed by atoms with van der Waals surface area (Å²) in [4.78, 5) is 11.4. The first kappa shape index (κ1) is 12.5. The monoisotopic (exact) mass is 270 g/mol. The number of ether oxygens (including phenoxy) is 2. The zero-order chi connectivity index (χ0) is 14.1. The van der Waals surface area contributed by atoms with Gasteiger partial charge in [-0.1, -0.05) is 42.0 Å².